The van der Waals surface area contributed by atoms with Gasteiger partial charge in [-0.25, -0.2) is 9.78 Å². The zero-order chi connectivity index (χ0) is 15.5. The molecule has 0 saturated carbocycles. The Labute approximate surface area is 123 Å². The third kappa shape index (κ3) is 6.71. The number of nitrogens with two attached hydrogens (primary N) is 1. The molecule has 21 heavy (non-hydrogen) atoms. The molecular weight excluding hydrogens is 274 g/mol. The zero-order valence-corrected chi connectivity index (χ0v) is 12.1. The van der Waals surface area contributed by atoms with Crippen molar-refractivity contribution in [1.29, 1.82) is 0 Å². The summed E-state index contributed by atoms with van der Waals surface area (Å²) >= 11 is 0. The molecule has 7 nitrogen and oxygen atoms in total. The van der Waals surface area contributed by atoms with Gasteiger partial charge in [-0.15, -0.1) is 0 Å². The van der Waals surface area contributed by atoms with E-state index in [0.29, 0.717) is 12.4 Å². The first-order valence-electron chi connectivity index (χ1n) is 6.97. The molecule has 0 fully saturated rings. The summed E-state index contributed by atoms with van der Waals surface area (Å²) in [5.41, 5.74) is 5.09. The van der Waals surface area contributed by atoms with Crippen molar-refractivity contribution in [2.24, 2.45) is 5.73 Å². The van der Waals surface area contributed by atoms with Gasteiger partial charge in [0.15, 0.2) is 5.75 Å². The van der Waals surface area contributed by atoms with Crippen LogP contribution in [0.1, 0.15) is 32.6 Å². The van der Waals surface area contributed by atoms with Crippen molar-refractivity contribution >= 4 is 12.0 Å². The minimum atomic E-state index is -0.931. The molecule has 0 aromatic carbocycles. The largest absolute Gasteiger partial charge is 0.488 e. The van der Waals surface area contributed by atoms with E-state index in [1.54, 1.807) is 12.1 Å². The Morgan fingerprint density at radius 3 is 2.86 bits per heavy atom. The molecule has 1 aromatic rings. The molecule has 0 atom stereocenters. The van der Waals surface area contributed by atoms with Gasteiger partial charge in [0.1, 0.15) is 0 Å². The molecule has 7 heteroatoms. The molecule has 0 unspecified atom stereocenters. The Hall–Kier alpha value is -2.15. The van der Waals surface area contributed by atoms with Gasteiger partial charge in [-0.2, -0.15) is 0 Å². The van der Waals surface area contributed by atoms with E-state index in [0.717, 1.165) is 25.7 Å². The lowest BCUT2D eigenvalue weighted by molar-refractivity contribution is -0.118. The number of hydrogen-bond acceptors (Lipinski definition) is 6. The van der Waals surface area contributed by atoms with E-state index in [4.69, 9.17) is 15.2 Å². The van der Waals surface area contributed by atoms with Gasteiger partial charge in [0.25, 0.3) is 5.88 Å². The molecule has 1 rings (SSSR count). The van der Waals surface area contributed by atoms with Gasteiger partial charge in [-0.1, -0.05) is 26.2 Å². The molecular formula is C14H21N3O4. The smallest absolute Gasteiger partial charge is 0.420 e. The second-order valence-corrected chi connectivity index (χ2v) is 4.36. The monoisotopic (exact) mass is 295 g/mol. The number of hydrogen-bond donors (Lipinski definition) is 2. The molecule has 1 heterocycles. The van der Waals surface area contributed by atoms with E-state index in [-0.39, 0.29) is 12.4 Å². The summed E-state index contributed by atoms with van der Waals surface area (Å²) in [6.45, 7) is 2.36. The number of rotatable bonds is 8. The van der Waals surface area contributed by atoms with E-state index in [1.807, 2.05) is 5.32 Å². The quantitative estimate of drug-likeness (QED) is 0.706. The van der Waals surface area contributed by atoms with Crippen molar-refractivity contribution in [3.8, 4) is 11.6 Å². The fourth-order valence-electron chi connectivity index (χ4n) is 1.55. The first-order valence-corrected chi connectivity index (χ1v) is 6.97. The highest BCUT2D eigenvalue weighted by Crippen LogP contribution is 2.23. The average Bonchev–Trinajstić information content (AvgIpc) is 2.48. The number of ether oxygens (including phenoxy) is 2. The maximum absolute atomic E-state index is 11.4. The van der Waals surface area contributed by atoms with E-state index < -0.39 is 12.0 Å². The number of pyridine rings is 1. The van der Waals surface area contributed by atoms with Crippen LogP contribution in [0.25, 0.3) is 0 Å². The number of aromatic nitrogens is 1. The SMILES string of the molecule is CCCCCCOc1cccnc1OC(=O)NC(=O)CN. The van der Waals surface area contributed by atoms with Crippen LogP contribution >= 0.6 is 0 Å². The van der Waals surface area contributed by atoms with Crippen molar-refractivity contribution in [2.75, 3.05) is 13.2 Å². The van der Waals surface area contributed by atoms with E-state index in [1.165, 1.54) is 6.20 Å². The number of nitrogens with one attached hydrogen (secondary N) is 1. The predicted molar refractivity (Wildman–Crippen MR) is 77.1 cm³/mol. The maximum atomic E-state index is 11.4. The van der Waals surface area contributed by atoms with Gasteiger partial charge in [0.2, 0.25) is 5.91 Å². The van der Waals surface area contributed by atoms with Crippen LogP contribution in [0.3, 0.4) is 0 Å². The fraction of sp³-hybridized carbons (Fsp3) is 0.500. The van der Waals surface area contributed by atoms with Crippen LogP contribution in [-0.4, -0.2) is 30.1 Å². The number of carbonyl (C=O) groups is 2. The highest BCUT2D eigenvalue weighted by molar-refractivity contribution is 5.93. The van der Waals surface area contributed by atoms with E-state index >= 15 is 0 Å². The summed E-state index contributed by atoms with van der Waals surface area (Å²) in [5.74, 6) is -0.238. The van der Waals surface area contributed by atoms with Crippen molar-refractivity contribution < 1.29 is 19.1 Å². The molecule has 1 aromatic heterocycles. The molecule has 0 aliphatic rings. The van der Waals surface area contributed by atoms with E-state index in [2.05, 4.69) is 11.9 Å². The van der Waals surface area contributed by atoms with Crippen molar-refractivity contribution in [1.82, 2.24) is 10.3 Å². The fourth-order valence-corrected chi connectivity index (χ4v) is 1.55. The van der Waals surface area contributed by atoms with Crippen LogP contribution in [0.2, 0.25) is 0 Å². The van der Waals surface area contributed by atoms with Crippen LogP contribution in [0.4, 0.5) is 4.79 Å². The van der Waals surface area contributed by atoms with E-state index in [9.17, 15) is 9.59 Å². The maximum Gasteiger partial charge on any atom is 0.420 e. The molecule has 3 N–H and O–H groups in total. The average molecular weight is 295 g/mol. The highest BCUT2D eigenvalue weighted by atomic mass is 16.6. The van der Waals surface area contributed by atoms with Crippen molar-refractivity contribution in [3.05, 3.63) is 18.3 Å². The second-order valence-electron chi connectivity index (χ2n) is 4.36. The molecule has 116 valence electrons. The zero-order valence-electron chi connectivity index (χ0n) is 12.1. The lowest BCUT2D eigenvalue weighted by atomic mass is 10.2. The molecule has 0 radical (unpaired) electrons. The number of imide groups is 1. The topological polar surface area (TPSA) is 104 Å². The van der Waals surface area contributed by atoms with Crippen molar-refractivity contribution in [3.63, 3.8) is 0 Å². The lowest BCUT2D eigenvalue weighted by Gasteiger charge is -2.10. The van der Waals surface area contributed by atoms with Crippen LogP contribution < -0.4 is 20.5 Å². The second kappa shape index (κ2) is 9.71. The standard InChI is InChI=1S/C14H21N3O4/c1-2-3-4-5-9-20-11-7-6-8-16-13(11)21-14(19)17-12(18)10-15/h6-8H,2-5,9-10,15H2,1H3,(H,17,18,19). The molecule has 0 aliphatic heterocycles. The Morgan fingerprint density at radius 1 is 1.33 bits per heavy atom. The minimum absolute atomic E-state index is 0.0234. The number of carbonyl (C=O) groups excluding carboxylic acids is 2. The van der Waals surface area contributed by atoms with Gasteiger partial charge in [-0.3, -0.25) is 10.1 Å². The molecule has 0 saturated heterocycles. The Balaban J connectivity index is 2.50. The van der Waals surface area contributed by atoms with Gasteiger partial charge in [0.05, 0.1) is 13.2 Å². The summed E-state index contributed by atoms with van der Waals surface area (Å²) in [7, 11) is 0. The Bertz CT molecular complexity index is 465. The molecule has 0 spiro atoms. The molecule has 0 bridgehead atoms. The highest BCUT2D eigenvalue weighted by Gasteiger charge is 2.13. The van der Waals surface area contributed by atoms with Crippen LogP contribution in [0.5, 0.6) is 11.6 Å². The Morgan fingerprint density at radius 2 is 2.14 bits per heavy atom. The van der Waals surface area contributed by atoms with Gasteiger partial charge < -0.3 is 15.2 Å². The normalized spacial score (nSPS) is 10.0. The summed E-state index contributed by atoms with van der Waals surface area (Å²) in [6, 6.07) is 3.33. The number of nitrogens with zero attached hydrogens (tertiary/aromatic N) is 1. The summed E-state index contributed by atoms with van der Waals surface area (Å²) in [6.07, 6.45) is 4.84. The lowest BCUT2D eigenvalue weighted by Crippen LogP contribution is -2.37. The van der Waals surface area contributed by atoms with Gasteiger partial charge in [-0.05, 0) is 18.6 Å². The predicted octanol–water partition coefficient (Wildman–Crippen LogP) is 1.61. The summed E-state index contributed by atoms with van der Waals surface area (Å²) < 4.78 is 10.5. The number of unbranched alkanes of at least 4 members (excludes halogenated alkanes) is 3. The number of amides is 2. The third-order valence-corrected chi connectivity index (χ3v) is 2.61. The first kappa shape index (κ1) is 16.9. The molecule has 2 amide bonds. The van der Waals surface area contributed by atoms with Crippen molar-refractivity contribution in [2.45, 2.75) is 32.6 Å². The third-order valence-electron chi connectivity index (χ3n) is 2.61. The first-order chi connectivity index (χ1) is 10.2. The van der Waals surface area contributed by atoms with Crippen LogP contribution in [0, 0.1) is 0 Å². The summed E-state index contributed by atoms with van der Waals surface area (Å²) in [5, 5.41) is 1.97. The minimum Gasteiger partial charge on any atom is -0.488 e. The summed E-state index contributed by atoms with van der Waals surface area (Å²) in [4.78, 5) is 26.3. The van der Waals surface area contributed by atoms with Crippen LogP contribution in [0.15, 0.2) is 18.3 Å². The molecule has 0 aliphatic carbocycles. The Kier molecular flexibility index (Phi) is 7.81. The van der Waals surface area contributed by atoms with Crippen LogP contribution in [-0.2, 0) is 4.79 Å². The van der Waals surface area contributed by atoms with Gasteiger partial charge in [0, 0.05) is 6.20 Å². The van der Waals surface area contributed by atoms with Gasteiger partial charge >= 0.3 is 6.09 Å².